The largest absolute Gasteiger partial charge is 0.453 e. The van der Waals surface area contributed by atoms with E-state index < -0.39 is 5.54 Å². The monoisotopic (exact) mass is 416 g/mol. The zero-order chi connectivity index (χ0) is 21.0. The van der Waals surface area contributed by atoms with Crippen molar-refractivity contribution < 1.29 is 23.8 Å². The molecule has 3 fully saturated rings. The molecular formula is C23H32N2O5. The lowest BCUT2D eigenvalue weighted by atomic mass is 9.80. The van der Waals surface area contributed by atoms with Crippen LogP contribution in [0.3, 0.4) is 0 Å². The maximum absolute atomic E-state index is 12.4. The molecule has 4 rings (SSSR count). The molecule has 0 radical (unpaired) electrons. The maximum atomic E-state index is 12.4. The van der Waals surface area contributed by atoms with E-state index in [2.05, 4.69) is 35.6 Å². The van der Waals surface area contributed by atoms with Gasteiger partial charge in [-0.25, -0.2) is 4.79 Å². The quantitative estimate of drug-likeness (QED) is 0.817. The fraction of sp³-hybridized carbons (Fsp3) is 0.652. The maximum Gasteiger partial charge on any atom is 0.409 e. The molecule has 1 spiro atoms. The van der Waals surface area contributed by atoms with Gasteiger partial charge in [0.05, 0.1) is 38.0 Å². The van der Waals surface area contributed by atoms with Crippen LogP contribution in [0.2, 0.25) is 0 Å². The van der Waals surface area contributed by atoms with Crippen LogP contribution in [-0.4, -0.2) is 68.1 Å². The molecule has 2 aliphatic heterocycles. The number of ether oxygens (including phenoxy) is 3. The van der Waals surface area contributed by atoms with Gasteiger partial charge in [0, 0.05) is 6.54 Å². The number of nitrogens with one attached hydrogen (secondary N) is 1. The Morgan fingerprint density at radius 3 is 2.70 bits per heavy atom. The molecule has 1 aromatic carbocycles. The predicted molar refractivity (Wildman–Crippen MR) is 111 cm³/mol. The number of carbonyl (C=O) groups excluding carboxylic acids is 2. The molecule has 0 bridgehead atoms. The van der Waals surface area contributed by atoms with Gasteiger partial charge in [-0.05, 0) is 50.0 Å². The van der Waals surface area contributed by atoms with Gasteiger partial charge in [0.1, 0.15) is 6.61 Å². The van der Waals surface area contributed by atoms with Gasteiger partial charge in [-0.3, -0.25) is 4.79 Å². The molecule has 1 aromatic rings. The molecule has 0 unspecified atom stereocenters. The minimum absolute atomic E-state index is 0.0665. The Bertz CT molecular complexity index is 730. The lowest BCUT2D eigenvalue weighted by molar-refractivity contribution is -0.143. The molecule has 2 atom stereocenters. The first kappa shape index (κ1) is 21.1. The van der Waals surface area contributed by atoms with E-state index in [1.165, 1.54) is 12.7 Å². The molecule has 2 saturated heterocycles. The smallest absolute Gasteiger partial charge is 0.409 e. The van der Waals surface area contributed by atoms with E-state index in [1.807, 2.05) is 0 Å². The fourth-order valence-corrected chi connectivity index (χ4v) is 5.28. The standard InChI is InChI=1S/C23H32N2O5/c1-28-22(27)25-13-5-12-23(16-29-15-21(26)24-23)20(25)14-30-19-10-8-18(9-11-19)17-6-3-2-4-7-17/h2-4,6-7,18-20H,5,8-16H2,1H3,(H,24,26)/t18?,19?,20-,23+/m1/s1. The van der Waals surface area contributed by atoms with E-state index in [4.69, 9.17) is 14.2 Å². The number of rotatable bonds is 4. The number of hydrogen-bond acceptors (Lipinski definition) is 5. The van der Waals surface area contributed by atoms with Crippen LogP contribution in [0, 0.1) is 0 Å². The van der Waals surface area contributed by atoms with E-state index in [-0.39, 0.29) is 30.8 Å². The van der Waals surface area contributed by atoms with E-state index in [9.17, 15) is 9.59 Å². The van der Waals surface area contributed by atoms with Crippen molar-refractivity contribution in [3.63, 3.8) is 0 Å². The second-order valence-electron chi connectivity index (χ2n) is 8.70. The summed E-state index contributed by atoms with van der Waals surface area (Å²) in [5.74, 6) is 0.450. The molecular weight excluding hydrogens is 384 g/mol. The molecule has 30 heavy (non-hydrogen) atoms. The number of benzene rings is 1. The van der Waals surface area contributed by atoms with Crippen LogP contribution >= 0.6 is 0 Å². The first-order valence-corrected chi connectivity index (χ1v) is 11.0. The van der Waals surface area contributed by atoms with Gasteiger partial charge in [0.25, 0.3) is 0 Å². The lowest BCUT2D eigenvalue weighted by Gasteiger charge is -2.51. The van der Waals surface area contributed by atoms with Gasteiger partial charge in [-0.2, -0.15) is 0 Å². The molecule has 7 nitrogen and oxygen atoms in total. The molecule has 0 aromatic heterocycles. The van der Waals surface area contributed by atoms with Crippen molar-refractivity contribution in [3.8, 4) is 0 Å². The Hall–Kier alpha value is -2.12. The van der Waals surface area contributed by atoms with Crippen LogP contribution in [0.4, 0.5) is 4.79 Å². The number of hydrogen-bond donors (Lipinski definition) is 1. The summed E-state index contributed by atoms with van der Waals surface area (Å²) in [5.41, 5.74) is 0.796. The molecule has 164 valence electrons. The van der Waals surface area contributed by atoms with Crippen LogP contribution < -0.4 is 5.32 Å². The number of amides is 2. The van der Waals surface area contributed by atoms with Crippen molar-refractivity contribution >= 4 is 12.0 Å². The van der Waals surface area contributed by atoms with Crippen molar-refractivity contribution in [2.45, 2.75) is 62.1 Å². The number of nitrogens with zero attached hydrogens (tertiary/aromatic N) is 1. The number of methoxy groups -OCH3 is 1. The molecule has 1 N–H and O–H groups in total. The molecule has 7 heteroatoms. The summed E-state index contributed by atoms with van der Waals surface area (Å²) in [5, 5.41) is 3.11. The summed E-state index contributed by atoms with van der Waals surface area (Å²) in [6.45, 7) is 1.43. The molecule has 2 heterocycles. The Kier molecular flexibility index (Phi) is 6.58. The van der Waals surface area contributed by atoms with Crippen LogP contribution in [0.15, 0.2) is 30.3 Å². The Morgan fingerprint density at radius 2 is 2.00 bits per heavy atom. The fourth-order valence-electron chi connectivity index (χ4n) is 5.28. The van der Waals surface area contributed by atoms with Crippen molar-refractivity contribution in [2.24, 2.45) is 0 Å². The van der Waals surface area contributed by atoms with Gasteiger partial charge in [0.2, 0.25) is 5.91 Å². The minimum Gasteiger partial charge on any atom is -0.453 e. The van der Waals surface area contributed by atoms with Crippen molar-refractivity contribution in [1.82, 2.24) is 10.2 Å². The minimum atomic E-state index is -0.608. The van der Waals surface area contributed by atoms with Crippen molar-refractivity contribution in [1.29, 1.82) is 0 Å². The van der Waals surface area contributed by atoms with Crippen molar-refractivity contribution in [2.75, 3.05) is 33.5 Å². The van der Waals surface area contributed by atoms with E-state index >= 15 is 0 Å². The Morgan fingerprint density at radius 1 is 1.23 bits per heavy atom. The number of carbonyl (C=O) groups is 2. The molecule has 2 amide bonds. The van der Waals surface area contributed by atoms with Gasteiger partial charge < -0.3 is 24.4 Å². The third-order valence-corrected chi connectivity index (χ3v) is 6.86. The average molecular weight is 417 g/mol. The summed E-state index contributed by atoms with van der Waals surface area (Å²) in [7, 11) is 1.39. The van der Waals surface area contributed by atoms with Crippen LogP contribution in [0.25, 0.3) is 0 Å². The highest BCUT2D eigenvalue weighted by atomic mass is 16.5. The molecule has 1 aliphatic carbocycles. The third-order valence-electron chi connectivity index (χ3n) is 6.86. The Balaban J connectivity index is 1.40. The first-order chi connectivity index (χ1) is 14.6. The average Bonchev–Trinajstić information content (AvgIpc) is 2.78. The highest BCUT2D eigenvalue weighted by molar-refractivity contribution is 5.79. The first-order valence-electron chi connectivity index (χ1n) is 11.0. The van der Waals surface area contributed by atoms with E-state index in [1.54, 1.807) is 4.90 Å². The second kappa shape index (κ2) is 9.35. The lowest BCUT2D eigenvalue weighted by Crippen LogP contribution is -2.71. The normalized spacial score (nSPS) is 32.0. The predicted octanol–water partition coefficient (Wildman–Crippen LogP) is 2.85. The Labute approximate surface area is 178 Å². The molecule has 3 aliphatic rings. The summed E-state index contributed by atoms with van der Waals surface area (Å²) in [4.78, 5) is 26.2. The van der Waals surface area contributed by atoms with Crippen LogP contribution in [0.1, 0.15) is 50.0 Å². The number of piperidine rings is 1. The zero-order valence-corrected chi connectivity index (χ0v) is 17.7. The summed E-state index contributed by atoms with van der Waals surface area (Å²) < 4.78 is 16.9. The van der Waals surface area contributed by atoms with Crippen LogP contribution in [-0.2, 0) is 19.0 Å². The van der Waals surface area contributed by atoms with E-state index in [0.29, 0.717) is 25.7 Å². The van der Waals surface area contributed by atoms with Crippen LogP contribution in [0.5, 0.6) is 0 Å². The second-order valence-corrected chi connectivity index (χ2v) is 8.70. The number of morpholine rings is 1. The summed E-state index contributed by atoms with van der Waals surface area (Å²) >= 11 is 0. The van der Waals surface area contributed by atoms with Gasteiger partial charge in [0.15, 0.2) is 0 Å². The highest BCUT2D eigenvalue weighted by Crippen LogP contribution is 2.35. The number of likely N-dealkylation sites (tertiary alicyclic amines) is 1. The zero-order valence-electron chi connectivity index (χ0n) is 17.7. The molecule has 1 saturated carbocycles. The topological polar surface area (TPSA) is 77.1 Å². The van der Waals surface area contributed by atoms with Gasteiger partial charge in [-0.1, -0.05) is 30.3 Å². The van der Waals surface area contributed by atoms with Gasteiger partial charge in [-0.15, -0.1) is 0 Å². The summed E-state index contributed by atoms with van der Waals surface area (Å²) in [6.07, 6.45) is 5.55. The van der Waals surface area contributed by atoms with E-state index in [0.717, 1.165) is 38.5 Å². The third kappa shape index (κ3) is 4.47. The van der Waals surface area contributed by atoms with Crippen molar-refractivity contribution in [3.05, 3.63) is 35.9 Å². The van der Waals surface area contributed by atoms with Gasteiger partial charge >= 0.3 is 6.09 Å². The SMILES string of the molecule is COC(=O)N1CCC[C@]2(COCC(=O)N2)[C@H]1COC1CCC(c2ccccc2)CC1. The summed E-state index contributed by atoms with van der Waals surface area (Å²) in [6, 6.07) is 10.4. The highest BCUT2D eigenvalue weighted by Gasteiger charge is 2.50.